The summed E-state index contributed by atoms with van der Waals surface area (Å²) in [5.41, 5.74) is 0.567. The summed E-state index contributed by atoms with van der Waals surface area (Å²) in [6.45, 7) is 8.55. The summed E-state index contributed by atoms with van der Waals surface area (Å²) in [7, 11) is 0. The van der Waals surface area contributed by atoms with Crippen molar-refractivity contribution in [3.63, 3.8) is 0 Å². The van der Waals surface area contributed by atoms with Crippen molar-refractivity contribution in [2.24, 2.45) is 0 Å². The Bertz CT molecular complexity index is 201. The molecule has 1 spiro atoms. The molecule has 2 rings (SSSR count). The van der Waals surface area contributed by atoms with E-state index in [1.165, 1.54) is 43.4 Å². The van der Waals surface area contributed by atoms with Crippen LogP contribution in [0.3, 0.4) is 0 Å². The molecule has 0 atom stereocenters. The minimum absolute atomic E-state index is 0.567. The van der Waals surface area contributed by atoms with Gasteiger partial charge in [-0.05, 0) is 33.1 Å². The van der Waals surface area contributed by atoms with Gasteiger partial charge in [0.05, 0.1) is 4.55 Å². The molecule has 0 N–H and O–H groups in total. The Kier molecular flexibility index (Phi) is 3.39. The van der Waals surface area contributed by atoms with Crippen LogP contribution in [-0.4, -0.2) is 45.6 Å². The van der Waals surface area contributed by atoms with Gasteiger partial charge in [0, 0.05) is 31.2 Å². The van der Waals surface area contributed by atoms with E-state index in [1.54, 1.807) is 0 Å². The summed E-state index contributed by atoms with van der Waals surface area (Å²) in [5.74, 6) is 0. The van der Waals surface area contributed by atoms with E-state index in [1.807, 2.05) is 0 Å². The first-order valence-electron chi connectivity index (χ1n) is 5.73. The van der Waals surface area contributed by atoms with Crippen LogP contribution in [0.15, 0.2) is 0 Å². The van der Waals surface area contributed by atoms with Gasteiger partial charge in [0.2, 0.25) is 0 Å². The standard InChI is InChI=1S/C11H21IN2/c1-10(2)14-7-6-13(9-12)8-11(14)4-3-5-11/h10H,3-9H2,1-2H3. The van der Waals surface area contributed by atoms with E-state index in [-0.39, 0.29) is 0 Å². The molecule has 0 bridgehead atoms. The molecule has 1 aliphatic heterocycles. The van der Waals surface area contributed by atoms with E-state index in [2.05, 4.69) is 46.2 Å². The van der Waals surface area contributed by atoms with Gasteiger partial charge in [-0.3, -0.25) is 9.80 Å². The predicted molar refractivity (Wildman–Crippen MR) is 68.9 cm³/mol. The van der Waals surface area contributed by atoms with Crippen molar-refractivity contribution in [3.8, 4) is 0 Å². The maximum Gasteiger partial charge on any atom is 0.0506 e. The third kappa shape index (κ3) is 1.83. The maximum absolute atomic E-state index is 2.75. The molecule has 0 aromatic heterocycles. The predicted octanol–water partition coefficient (Wildman–Crippen LogP) is 2.33. The van der Waals surface area contributed by atoms with Crippen molar-refractivity contribution < 1.29 is 0 Å². The zero-order valence-corrected chi connectivity index (χ0v) is 11.5. The van der Waals surface area contributed by atoms with Crippen LogP contribution < -0.4 is 0 Å². The van der Waals surface area contributed by atoms with Gasteiger partial charge in [0.1, 0.15) is 0 Å². The number of nitrogens with zero attached hydrogens (tertiary/aromatic N) is 2. The molecule has 2 nitrogen and oxygen atoms in total. The number of piperazine rings is 1. The van der Waals surface area contributed by atoms with Crippen LogP contribution in [0, 0.1) is 0 Å². The Balaban J connectivity index is 2.06. The second-order valence-electron chi connectivity index (χ2n) is 5.04. The largest absolute Gasteiger partial charge is 0.293 e. The highest BCUT2D eigenvalue weighted by molar-refractivity contribution is 14.1. The van der Waals surface area contributed by atoms with Crippen LogP contribution in [0.25, 0.3) is 0 Å². The Morgan fingerprint density at radius 1 is 1.29 bits per heavy atom. The van der Waals surface area contributed by atoms with Gasteiger partial charge in [-0.2, -0.15) is 0 Å². The van der Waals surface area contributed by atoms with E-state index in [4.69, 9.17) is 0 Å². The van der Waals surface area contributed by atoms with Gasteiger partial charge in [0.15, 0.2) is 0 Å². The van der Waals surface area contributed by atoms with Crippen LogP contribution in [-0.2, 0) is 0 Å². The zero-order chi connectivity index (χ0) is 10.2. The minimum Gasteiger partial charge on any atom is -0.293 e. The fourth-order valence-electron chi connectivity index (χ4n) is 3.01. The normalized spacial score (nSPS) is 28.3. The van der Waals surface area contributed by atoms with Crippen molar-refractivity contribution in [1.82, 2.24) is 9.80 Å². The lowest BCUT2D eigenvalue weighted by molar-refractivity contribution is -0.0639. The second-order valence-corrected chi connectivity index (χ2v) is 5.72. The number of halogens is 1. The summed E-state index contributed by atoms with van der Waals surface area (Å²) >= 11 is 2.50. The first kappa shape index (κ1) is 11.1. The molecule has 1 saturated carbocycles. The summed E-state index contributed by atoms with van der Waals surface area (Å²) in [6, 6.07) is 0.728. The van der Waals surface area contributed by atoms with E-state index in [9.17, 15) is 0 Å². The van der Waals surface area contributed by atoms with Crippen LogP contribution >= 0.6 is 22.6 Å². The van der Waals surface area contributed by atoms with Gasteiger partial charge in [0.25, 0.3) is 0 Å². The smallest absolute Gasteiger partial charge is 0.0506 e. The average Bonchev–Trinajstić information content (AvgIpc) is 2.14. The molecule has 0 aromatic carbocycles. The van der Waals surface area contributed by atoms with Crippen molar-refractivity contribution in [1.29, 1.82) is 0 Å². The topological polar surface area (TPSA) is 6.48 Å². The monoisotopic (exact) mass is 308 g/mol. The summed E-state index contributed by atoms with van der Waals surface area (Å²) < 4.78 is 1.20. The number of hydrogen-bond donors (Lipinski definition) is 0. The first-order chi connectivity index (χ1) is 6.68. The third-order valence-corrected chi connectivity index (χ3v) is 4.83. The summed E-state index contributed by atoms with van der Waals surface area (Å²) in [4.78, 5) is 5.36. The molecule has 0 unspecified atom stereocenters. The molecular weight excluding hydrogens is 287 g/mol. The molecule has 1 heterocycles. The van der Waals surface area contributed by atoms with Crippen molar-refractivity contribution in [3.05, 3.63) is 0 Å². The van der Waals surface area contributed by atoms with E-state index in [0.717, 1.165) is 6.04 Å². The van der Waals surface area contributed by atoms with Gasteiger partial charge in [-0.1, -0.05) is 22.6 Å². The summed E-state index contributed by atoms with van der Waals surface area (Å²) in [5, 5.41) is 0. The molecule has 82 valence electrons. The highest BCUT2D eigenvalue weighted by atomic mass is 127. The number of rotatable bonds is 2. The third-order valence-electron chi connectivity index (χ3n) is 3.86. The fraction of sp³-hybridized carbons (Fsp3) is 1.00. The SMILES string of the molecule is CC(C)N1CCN(CI)CC12CCC2. The van der Waals surface area contributed by atoms with Crippen molar-refractivity contribution in [2.75, 3.05) is 24.2 Å². The molecule has 0 aromatic rings. The zero-order valence-electron chi connectivity index (χ0n) is 9.30. The molecule has 3 heteroatoms. The molecule has 0 amide bonds. The average molecular weight is 308 g/mol. The van der Waals surface area contributed by atoms with Crippen LogP contribution in [0.2, 0.25) is 0 Å². The fourth-order valence-corrected chi connectivity index (χ4v) is 3.59. The van der Waals surface area contributed by atoms with Crippen molar-refractivity contribution >= 4 is 22.6 Å². The molecule has 0 radical (unpaired) electrons. The maximum atomic E-state index is 2.75. The van der Waals surface area contributed by atoms with Gasteiger partial charge in [-0.15, -0.1) is 0 Å². The van der Waals surface area contributed by atoms with Crippen LogP contribution in [0.1, 0.15) is 33.1 Å². The summed E-state index contributed by atoms with van der Waals surface area (Å²) in [6.07, 6.45) is 4.30. The molecule has 1 aliphatic carbocycles. The Hall–Kier alpha value is 0.650. The van der Waals surface area contributed by atoms with Gasteiger partial charge in [-0.25, -0.2) is 0 Å². The molecule has 14 heavy (non-hydrogen) atoms. The van der Waals surface area contributed by atoms with Gasteiger partial charge >= 0.3 is 0 Å². The molecule has 2 aliphatic rings. The number of hydrogen-bond acceptors (Lipinski definition) is 2. The Morgan fingerprint density at radius 2 is 2.00 bits per heavy atom. The van der Waals surface area contributed by atoms with Gasteiger partial charge < -0.3 is 0 Å². The molecular formula is C11H21IN2. The van der Waals surface area contributed by atoms with E-state index >= 15 is 0 Å². The highest BCUT2D eigenvalue weighted by Crippen LogP contribution is 2.41. The highest BCUT2D eigenvalue weighted by Gasteiger charge is 2.46. The van der Waals surface area contributed by atoms with E-state index in [0.29, 0.717) is 5.54 Å². The number of alkyl halides is 1. The van der Waals surface area contributed by atoms with E-state index < -0.39 is 0 Å². The molecule has 2 fully saturated rings. The first-order valence-corrected chi connectivity index (χ1v) is 7.25. The van der Waals surface area contributed by atoms with Crippen LogP contribution in [0.5, 0.6) is 0 Å². The second kappa shape index (κ2) is 4.26. The van der Waals surface area contributed by atoms with Crippen LogP contribution in [0.4, 0.5) is 0 Å². The Labute approximate surface area is 101 Å². The lowest BCUT2D eigenvalue weighted by Gasteiger charge is -2.57. The minimum atomic E-state index is 0.567. The molecule has 1 saturated heterocycles. The lowest BCUT2D eigenvalue weighted by atomic mass is 9.73. The quantitative estimate of drug-likeness (QED) is 0.439. The van der Waals surface area contributed by atoms with Crippen molar-refractivity contribution in [2.45, 2.75) is 44.7 Å². The Morgan fingerprint density at radius 3 is 2.43 bits per heavy atom. The lowest BCUT2D eigenvalue weighted by Crippen LogP contribution is -2.66.